The van der Waals surface area contributed by atoms with E-state index in [-0.39, 0.29) is 5.92 Å². The Hall–Kier alpha value is -1.70. The van der Waals surface area contributed by atoms with E-state index in [4.69, 9.17) is 4.11 Å². The second kappa shape index (κ2) is 5.74. The number of rotatable bonds is 2. The summed E-state index contributed by atoms with van der Waals surface area (Å²) in [5.74, 6) is 0.175. The minimum Gasteiger partial charge on any atom is -0.343 e. The van der Waals surface area contributed by atoms with E-state index in [1.807, 2.05) is 60.1 Å². The van der Waals surface area contributed by atoms with E-state index in [2.05, 4.69) is 0 Å². The van der Waals surface area contributed by atoms with Gasteiger partial charge in [0.25, 0.3) is 0 Å². The molecule has 0 amide bonds. The number of allylic oxidation sites excluding steroid dienone is 2. The average molecular weight is 312 g/mol. The molecule has 2 unspecified atom stereocenters. The predicted molar refractivity (Wildman–Crippen MR) is 97.2 cm³/mol. The Balaban J connectivity index is 1.82. The van der Waals surface area contributed by atoms with Crippen LogP contribution in [0.5, 0.6) is 0 Å². The molecule has 0 spiro atoms. The summed E-state index contributed by atoms with van der Waals surface area (Å²) in [5.41, 5.74) is 3.77. The smallest absolute Gasteiger partial charge is 0.104 e. The molecule has 2 atom stereocenters. The third kappa shape index (κ3) is 2.31. The number of hydrogen-bond acceptors (Lipinski definition) is 2. The van der Waals surface area contributed by atoms with Crippen LogP contribution in [0.2, 0.25) is 0 Å². The van der Waals surface area contributed by atoms with E-state index in [1.165, 1.54) is 6.42 Å². The molecule has 2 nitrogen and oxygen atoms in total. The molecule has 0 saturated heterocycles. The summed E-state index contributed by atoms with van der Waals surface area (Å²) >= 11 is 0. The molecule has 1 aromatic carbocycles. The van der Waals surface area contributed by atoms with Gasteiger partial charge < -0.3 is 9.80 Å². The monoisotopic (exact) mass is 312 g/mol. The fourth-order valence-electron chi connectivity index (χ4n) is 4.33. The summed E-state index contributed by atoms with van der Waals surface area (Å²) in [6.07, 6.45) is 8.54. The van der Waals surface area contributed by atoms with Gasteiger partial charge in [-0.3, -0.25) is 0 Å². The molecule has 2 heteroatoms. The Kier molecular flexibility index (Phi) is 2.73. The van der Waals surface area contributed by atoms with Crippen LogP contribution in [-0.2, 0) is 0 Å². The summed E-state index contributed by atoms with van der Waals surface area (Å²) in [5, 5.41) is 0. The molecule has 4 rings (SSSR count). The van der Waals surface area contributed by atoms with Crippen molar-refractivity contribution in [2.45, 2.75) is 65.0 Å². The number of para-hydroxylation sites is 1. The van der Waals surface area contributed by atoms with Crippen LogP contribution in [0.3, 0.4) is 0 Å². The molecule has 0 N–H and O–H groups in total. The SMILES string of the molecule is [2H]C([2H])([2H])C1N(c2ccccc2C)C(C)=C2C=CC([2H])(C3CCCCC3)N21. The highest BCUT2D eigenvalue weighted by molar-refractivity contribution is 5.62. The number of fused-ring (bicyclic) bond motifs is 1. The molecular formula is C21H28N2. The molecule has 2 heterocycles. The zero-order valence-electron chi connectivity index (χ0n) is 18.0. The van der Waals surface area contributed by atoms with E-state index in [9.17, 15) is 1.37 Å². The van der Waals surface area contributed by atoms with Crippen LogP contribution < -0.4 is 4.90 Å². The van der Waals surface area contributed by atoms with Gasteiger partial charge >= 0.3 is 0 Å². The molecule has 2 aliphatic heterocycles. The Morgan fingerprint density at radius 2 is 1.91 bits per heavy atom. The maximum atomic E-state index is 9.34. The highest BCUT2D eigenvalue weighted by Crippen LogP contribution is 2.43. The quantitative estimate of drug-likeness (QED) is 0.739. The van der Waals surface area contributed by atoms with Gasteiger partial charge in [-0.2, -0.15) is 0 Å². The maximum Gasteiger partial charge on any atom is 0.104 e. The zero-order valence-corrected chi connectivity index (χ0v) is 14.0. The molecule has 0 aromatic heterocycles. The molecule has 0 radical (unpaired) electrons. The lowest BCUT2D eigenvalue weighted by Gasteiger charge is -2.39. The first-order chi connectivity index (χ1) is 12.7. The fraction of sp³-hybridized carbons (Fsp3) is 0.524. The van der Waals surface area contributed by atoms with Crippen molar-refractivity contribution in [3.63, 3.8) is 0 Å². The number of aryl methyl sites for hydroxylation is 1. The van der Waals surface area contributed by atoms with Gasteiger partial charge in [0.1, 0.15) is 6.17 Å². The highest BCUT2D eigenvalue weighted by atomic mass is 15.4. The molecule has 122 valence electrons. The van der Waals surface area contributed by atoms with Crippen LogP contribution in [0, 0.1) is 12.8 Å². The van der Waals surface area contributed by atoms with Gasteiger partial charge in [-0.15, -0.1) is 0 Å². The number of hydrogen-bond donors (Lipinski definition) is 0. The molecule has 3 aliphatic rings. The standard InChI is InChI=1S/C21H28N2/c1-15-9-7-8-12-19(15)22-16(2)20-13-14-21(23(20)17(22)3)18-10-5-4-6-11-18/h7-9,12-14,17-18,21H,4-6,10-11H2,1-3H3/i3D3,21D. The predicted octanol–water partition coefficient (Wildman–Crippen LogP) is 5.21. The van der Waals surface area contributed by atoms with Gasteiger partial charge in [0, 0.05) is 15.5 Å². The van der Waals surface area contributed by atoms with Crippen LogP contribution in [0.1, 0.15) is 56.9 Å². The molecule has 1 aromatic rings. The summed E-state index contributed by atoms with van der Waals surface area (Å²) in [4.78, 5) is 3.82. The van der Waals surface area contributed by atoms with Gasteiger partial charge in [-0.05, 0) is 57.2 Å². The number of anilines is 1. The summed E-state index contributed by atoms with van der Waals surface area (Å²) in [7, 11) is 0. The first kappa shape index (κ1) is 11.0. The van der Waals surface area contributed by atoms with Gasteiger partial charge in [0.2, 0.25) is 0 Å². The minimum absolute atomic E-state index is 0.175. The van der Waals surface area contributed by atoms with E-state index in [1.54, 1.807) is 0 Å². The first-order valence-corrected chi connectivity index (χ1v) is 8.79. The lowest BCUT2D eigenvalue weighted by molar-refractivity contribution is 0.176. The van der Waals surface area contributed by atoms with Gasteiger partial charge in [-0.25, -0.2) is 0 Å². The molecule has 1 saturated carbocycles. The van der Waals surface area contributed by atoms with Crippen molar-refractivity contribution in [3.8, 4) is 0 Å². The van der Waals surface area contributed by atoms with Crippen molar-refractivity contribution >= 4 is 5.69 Å². The van der Waals surface area contributed by atoms with Gasteiger partial charge in [-0.1, -0.05) is 43.5 Å². The topological polar surface area (TPSA) is 6.48 Å². The van der Waals surface area contributed by atoms with Crippen LogP contribution >= 0.6 is 0 Å². The van der Waals surface area contributed by atoms with Crippen molar-refractivity contribution in [1.82, 2.24) is 4.90 Å². The summed E-state index contributed by atoms with van der Waals surface area (Å²) in [6, 6.07) is 6.94. The lowest BCUT2D eigenvalue weighted by atomic mass is 9.83. The summed E-state index contributed by atoms with van der Waals surface area (Å²) in [6.45, 7) is 1.77. The van der Waals surface area contributed by atoms with Crippen molar-refractivity contribution in [1.29, 1.82) is 0 Å². The van der Waals surface area contributed by atoms with Crippen molar-refractivity contribution < 1.29 is 5.48 Å². The van der Waals surface area contributed by atoms with Crippen LogP contribution in [0.15, 0.2) is 47.8 Å². The molecule has 0 bridgehead atoms. The minimum atomic E-state index is -2.22. The Bertz CT molecular complexity index is 792. The highest BCUT2D eigenvalue weighted by Gasteiger charge is 2.42. The Morgan fingerprint density at radius 3 is 2.65 bits per heavy atom. The third-order valence-electron chi connectivity index (χ3n) is 5.57. The largest absolute Gasteiger partial charge is 0.343 e. The second-order valence-corrected chi connectivity index (χ2v) is 6.96. The van der Waals surface area contributed by atoms with E-state index >= 15 is 0 Å². The molecule has 1 fully saturated rings. The van der Waals surface area contributed by atoms with E-state index in [0.717, 1.165) is 48.3 Å². The first-order valence-electron chi connectivity index (χ1n) is 10.8. The van der Waals surface area contributed by atoms with Crippen molar-refractivity contribution in [2.24, 2.45) is 5.92 Å². The van der Waals surface area contributed by atoms with Gasteiger partial charge in [0.05, 0.1) is 13.1 Å². The molecule has 1 aliphatic carbocycles. The van der Waals surface area contributed by atoms with Crippen LogP contribution in [0.4, 0.5) is 5.69 Å². The van der Waals surface area contributed by atoms with Crippen molar-refractivity contribution in [3.05, 3.63) is 53.4 Å². The summed E-state index contributed by atoms with van der Waals surface area (Å²) < 4.78 is 34.3. The Labute approximate surface area is 146 Å². The maximum absolute atomic E-state index is 9.34. The fourth-order valence-corrected chi connectivity index (χ4v) is 4.33. The normalized spacial score (nSPS) is 34.3. The zero-order chi connectivity index (χ0) is 19.4. The van der Waals surface area contributed by atoms with Crippen LogP contribution in [-0.4, -0.2) is 17.1 Å². The number of benzene rings is 1. The Morgan fingerprint density at radius 1 is 1.13 bits per heavy atom. The lowest BCUT2D eigenvalue weighted by Crippen LogP contribution is -2.44. The molecular weight excluding hydrogens is 280 g/mol. The third-order valence-corrected chi connectivity index (χ3v) is 5.57. The molecule has 23 heavy (non-hydrogen) atoms. The number of nitrogens with zero attached hydrogens (tertiary/aromatic N) is 2. The van der Waals surface area contributed by atoms with E-state index in [0.29, 0.717) is 0 Å². The van der Waals surface area contributed by atoms with Crippen molar-refractivity contribution in [2.75, 3.05) is 4.90 Å². The average Bonchev–Trinajstić information content (AvgIpc) is 3.13. The van der Waals surface area contributed by atoms with Crippen LogP contribution in [0.25, 0.3) is 0 Å². The second-order valence-electron chi connectivity index (χ2n) is 6.96. The van der Waals surface area contributed by atoms with E-state index < -0.39 is 19.0 Å². The van der Waals surface area contributed by atoms with Gasteiger partial charge in [0.15, 0.2) is 0 Å².